The maximum atomic E-state index is 11.3. The van der Waals surface area contributed by atoms with Crippen LogP contribution in [0.25, 0.3) is 0 Å². The molecule has 1 aliphatic carbocycles. The fraction of sp³-hybridized carbons (Fsp3) is 0.533. The zero-order chi connectivity index (χ0) is 33.0. The van der Waals surface area contributed by atoms with Crippen molar-refractivity contribution in [2.75, 3.05) is 25.6 Å². The number of nitrogens with zero attached hydrogens (tertiary/aromatic N) is 2. The quantitative estimate of drug-likeness (QED) is 0.0899. The smallest absolute Gasteiger partial charge is 0.306 e. The Morgan fingerprint density at radius 3 is 1.61 bits per heavy atom. The molecule has 0 bridgehead atoms. The summed E-state index contributed by atoms with van der Waals surface area (Å²) >= 11 is 0. The first-order valence-corrected chi connectivity index (χ1v) is 18.2. The Kier molecular flexibility index (Phi) is 13.8. The second-order valence-corrected chi connectivity index (χ2v) is 14.7. The van der Waals surface area contributed by atoms with Crippen LogP contribution >= 0.6 is 0 Å². The van der Waals surface area contributed by atoms with Crippen LogP contribution in [0.2, 0.25) is 0 Å². The number of unbranched alkanes of at least 4 members (excludes halogenated alkanes) is 2. The molecule has 1 saturated carbocycles. The van der Waals surface area contributed by atoms with Crippen molar-refractivity contribution in [3.63, 3.8) is 0 Å². The van der Waals surface area contributed by atoms with E-state index >= 15 is 0 Å². The van der Waals surface area contributed by atoms with Crippen LogP contribution in [0.1, 0.15) is 67.2 Å². The van der Waals surface area contributed by atoms with E-state index in [1.165, 1.54) is 12.8 Å². The highest BCUT2D eigenvalue weighted by molar-refractivity contribution is 7.86. The van der Waals surface area contributed by atoms with Gasteiger partial charge in [0.1, 0.15) is 11.5 Å². The predicted molar refractivity (Wildman–Crippen MR) is 177 cm³/mol. The Hall–Kier alpha value is -3.52. The zero-order valence-corrected chi connectivity index (χ0v) is 27.8. The zero-order valence-electron chi connectivity index (χ0n) is 26.2. The summed E-state index contributed by atoms with van der Waals surface area (Å²) in [6, 6.07) is 11.1. The van der Waals surface area contributed by atoms with E-state index in [0.29, 0.717) is 30.0 Å². The lowest BCUT2D eigenvalue weighted by Gasteiger charge is -2.14. The lowest BCUT2D eigenvalue weighted by Crippen LogP contribution is -2.23. The molecule has 0 unspecified atom stereocenters. The van der Waals surface area contributed by atoms with Crippen LogP contribution in [0.3, 0.4) is 0 Å². The highest BCUT2D eigenvalue weighted by Gasteiger charge is 2.41. The van der Waals surface area contributed by atoms with Crippen LogP contribution in [-0.2, 0) is 33.1 Å². The van der Waals surface area contributed by atoms with Crippen LogP contribution in [-0.4, -0.2) is 54.4 Å². The van der Waals surface area contributed by atoms with Gasteiger partial charge >= 0.3 is 20.2 Å². The van der Waals surface area contributed by atoms with Gasteiger partial charge in [-0.25, -0.2) is 0 Å². The first-order valence-electron chi connectivity index (χ1n) is 14.5. The number of hydrogen-bond acceptors (Lipinski definition) is 8. The predicted octanol–water partition coefficient (Wildman–Crippen LogP) is 3.03. The van der Waals surface area contributed by atoms with Gasteiger partial charge in [-0.05, 0) is 117 Å². The standard InChI is InChI=1S/C16H25N3O3S.C14H23N3O3S/c1-12-9-13(11-14(10-12)22-23(2,20)21)3-4-16(5-6-16)7-8-19-15(17)18;1-11-8-12(6-4-3-5-7-17-14(15)16)10-13(9-11)20-21(2,18)19/h9-11H,3-8H2,1-2H3,(H4,17,18,19);8-10H,3-7H2,1-2H3,(H4,15,16,17). The minimum atomic E-state index is -3.50. The molecule has 0 aromatic heterocycles. The van der Waals surface area contributed by atoms with Gasteiger partial charge in [-0.15, -0.1) is 0 Å². The van der Waals surface area contributed by atoms with Crippen molar-refractivity contribution in [2.24, 2.45) is 38.3 Å². The largest absolute Gasteiger partial charge is 0.383 e. The average Bonchev–Trinajstić information content (AvgIpc) is 3.62. The van der Waals surface area contributed by atoms with E-state index in [9.17, 15) is 16.8 Å². The van der Waals surface area contributed by atoms with Gasteiger partial charge in [-0.3, -0.25) is 9.98 Å². The lowest BCUT2D eigenvalue weighted by atomic mass is 9.93. The molecule has 0 heterocycles. The van der Waals surface area contributed by atoms with Crippen LogP contribution in [0, 0.1) is 19.3 Å². The third-order valence-corrected chi connectivity index (χ3v) is 7.96. The van der Waals surface area contributed by atoms with Gasteiger partial charge < -0.3 is 31.3 Å². The molecule has 44 heavy (non-hydrogen) atoms. The molecule has 3 rings (SSSR count). The van der Waals surface area contributed by atoms with Crippen molar-refractivity contribution in [3.8, 4) is 11.5 Å². The number of benzene rings is 2. The Morgan fingerprint density at radius 1 is 0.682 bits per heavy atom. The normalized spacial score (nSPS) is 13.6. The molecule has 1 fully saturated rings. The molecule has 0 aliphatic heterocycles. The van der Waals surface area contributed by atoms with Gasteiger partial charge in [0.25, 0.3) is 0 Å². The summed E-state index contributed by atoms with van der Waals surface area (Å²) < 4.78 is 54.8. The second kappa shape index (κ2) is 16.5. The average molecular weight is 653 g/mol. The number of hydrogen-bond donors (Lipinski definition) is 4. The van der Waals surface area contributed by atoms with Gasteiger partial charge in [-0.2, -0.15) is 16.8 Å². The molecule has 2 aromatic carbocycles. The number of nitrogens with two attached hydrogens (primary N) is 4. The molecule has 0 spiro atoms. The maximum absolute atomic E-state index is 11.3. The highest BCUT2D eigenvalue weighted by atomic mass is 32.2. The molecule has 14 heteroatoms. The van der Waals surface area contributed by atoms with E-state index in [1.807, 2.05) is 19.9 Å². The molecule has 2 aromatic rings. The maximum Gasteiger partial charge on any atom is 0.306 e. The molecule has 8 N–H and O–H groups in total. The van der Waals surface area contributed by atoms with Crippen LogP contribution in [0.4, 0.5) is 0 Å². The van der Waals surface area contributed by atoms with E-state index in [-0.39, 0.29) is 11.9 Å². The Balaban J connectivity index is 0.000000308. The topological polar surface area (TPSA) is 216 Å². The third kappa shape index (κ3) is 16.4. The molecular formula is C30H48N6O6S2. The summed E-state index contributed by atoms with van der Waals surface area (Å²) in [6.07, 6.45) is 11.2. The van der Waals surface area contributed by atoms with E-state index in [2.05, 4.69) is 16.1 Å². The first-order chi connectivity index (χ1) is 20.4. The monoisotopic (exact) mass is 652 g/mol. The molecule has 0 radical (unpaired) electrons. The Labute approximate surface area is 262 Å². The van der Waals surface area contributed by atoms with Crippen molar-refractivity contribution >= 4 is 32.2 Å². The van der Waals surface area contributed by atoms with E-state index in [1.54, 1.807) is 24.3 Å². The van der Waals surface area contributed by atoms with Crippen LogP contribution < -0.4 is 31.3 Å². The SMILES string of the molecule is Cc1cc(CCC2(CCN=C(N)N)CC2)cc(OS(C)(=O)=O)c1.Cc1cc(CCCCCN=C(N)N)cc(OS(C)(=O)=O)c1. The fourth-order valence-corrected chi connectivity index (χ4v) is 5.73. The summed E-state index contributed by atoms with van der Waals surface area (Å²) in [5.41, 5.74) is 25.7. The van der Waals surface area contributed by atoms with Crippen molar-refractivity contribution < 1.29 is 25.2 Å². The number of aliphatic imine (C=N–C) groups is 2. The molecule has 12 nitrogen and oxygen atoms in total. The molecule has 0 atom stereocenters. The number of rotatable bonds is 16. The second-order valence-electron chi connectivity index (χ2n) is 11.6. The summed E-state index contributed by atoms with van der Waals surface area (Å²) in [6.45, 7) is 5.15. The van der Waals surface area contributed by atoms with Crippen molar-refractivity contribution in [2.45, 2.75) is 71.6 Å². The van der Waals surface area contributed by atoms with Gasteiger partial charge in [0.2, 0.25) is 0 Å². The van der Waals surface area contributed by atoms with Crippen molar-refractivity contribution in [1.82, 2.24) is 0 Å². The summed E-state index contributed by atoms with van der Waals surface area (Å²) in [7, 11) is -6.99. The summed E-state index contributed by atoms with van der Waals surface area (Å²) in [5, 5.41) is 0. The minimum absolute atomic E-state index is 0.122. The van der Waals surface area contributed by atoms with E-state index in [0.717, 1.165) is 79.7 Å². The number of guanidine groups is 2. The lowest BCUT2D eigenvalue weighted by molar-refractivity contribution is 0.436. The van der Waals surface area contributed by atoms with Crippen molar-refractivity contribution in [3.05, 3.63) is 58.7 Å². The van der Waals surface area contributed by atoms with Gasteiger partial charge in [0.05, 0.1) is 12.5 Å². The Morgan fingerprint density at radius 2 is 1.16 bits per heavy atom. The van der Waals surface area contributed by atoms with Crippen molar-refractivity contribution in [1.29, 1.82) is 0 Å². The van der Waals surface area contributed by atoms with Gasteiger partial charge in [0.15, 0.2) is 11.9 Å². The fourth-order valence-electron chi connectivity index (χ4n) is 4.84. The molecule has 246 valence electrons. The minimum Gasteiger partial charge on any atom is -0.383 e. The van der Waals surface area contributed by atoms with Gasteiger partial charge in [0, 0.05) is 13.1 Å². The van der Waals surface area contributed by atoms with Gasteiger partial charge in [-0.1, -0.05) is 18.6 Å². The number of aryl methyl sites for hydroxylation is 4. The van der Waals surface area contributed by atoms with Crippen LogP contribution in [0.15, 0.2) is 46.4 Å². The summed E-state index contributed by atoms with van der Waals surface area (Å²) in [4.78, 5) is 7.98. The Bertz CT molecular complexity index is 1510. The molecule has 0 amide bonds. The summed E-state index contributed by atoms with van der Waals surface area (Å²) in [5.74, 6) is 1.01. The highest BCUT2D eigenvalue weighted by Crippen LogP contribution is 2.52. The molecule has 1 aliphatic rings. The first kappa shape index (κ1) is 36.7. The third-order valence-electron chi connectivity index (χ3n) is 6.97. The molecular weight excluding hydrogens is 605 g/mol. The van der Waals surface area contributed by atoms with E-state index < -0.39 is 20.2 Å². The molecule has 0 saturated heterocycles. The van der Waals surface area contributed by atoms with Crippen LogP contribution in [0.5, 0.6) is 11.5 Å². The van der Waals surface area contributed by atoms with E-state index in [4.69, 9.17) is 31.3 Å².